The molecule has 3 aromatic carbocycles. The Labute approximate surface area is 373 Å². The molecule has 8 nitrogen and oxygen atoms in total. The van der Waals surface area contributed by atoms with Crippen LogP contribution < -0.4 is 18.9 Å². The topological polar surface area (TPSA) is 88.5 Å². The first-order valence-corrected chi connectivity index (χ1v) is 24.1. The maximum absolute atomic E-state index is 6.12. The summed E-state index contributed by atoms with van der Waals surface area (Å²) in [5, 5.41) is 0. The molecule has 5 aromatic rings. The number of benzene rings is 3. The Balaban J connectivity index is 0.851. The molecule has 0 saturated carbocycles. The summed E-state index contributed by atoms with van der Waals surface area (Å²) in [6, 6.07) is 24.8. The van der Waals surface area contributed by atoms with E-state index >= 15 is 0 Å². The molecule has 0 unspecified atom stereocenters. The molecular formula is C54H74N4O4. The second-order valence-electron chi connectivity index (χ2n) is 16.6. The summed E-state index contributed by atoms with van der Waals surface area (Å²) >= 11 is 0. The Morgan fingerprint density at radius 1 is 0.339 bits per heavy atom. The minimum absolute atomic E-state index is 0.652. The average molecular weight is 843 g/mol. The van der Waals surface area contributed by atoms with Crippen LogP contribution in [0.2, 0.25) is 0 Å². The van der Waals surface area contributed by atoms with E-state index in [1.807, 2.05) is 60.9 Å². The predicted molar refractivity (Wildman–Crippen MR) is 254 cm³/mol. The van der Waals surface area contributed by atoms with Crippen molar-refractivity contribution >= 4 is 0 Å². The second kappa shape index (κ2) is 30.1. The third-order valence-electron chi connectivity index (χ3n) is 11.3. The van der Waals surface area contributed by atoms with Crippen molar-refractivity contribution in [3.8, 4) is 45.8 Å². The Morgan fingerprint density at radius 2 is 0.726 bits per heavy atom. The van der Waals surface area contributed by atoms with Gasteiger partial charge in [0.1, 0.15) is 5.75 Å². The van der Waals surface area contributed by atoms with Crippen LogP contribution in [0, 0.1) is 0 Å². The monoisotopic (exact) mass is 843 g/mol. The number of nitrogens with zero attached hydrogens (tertiary/aromatic N) is 4. The van der Waals surface area contributed by atoms with Crippen molar-refractivity contribution in [2.75, 3.05) is 26.4 Å². The highest BCUT2D eigenvalue weighted by Crippen LogP contribution is 2.27. The van der Waals surface area contributed by atoms with Crippen molar-refractivity contribution in [1.29, 1.82) is 0 Å². The van der Waals surface area contributed by atoms with Crippen LogP contribution in [-0.2, 0) is 12.8 Å². The smallest absolute Gasteiger partial charge is 0.161 e. The zero-order valence-electron chi connectivity index (χ0n) is 38.0. The van der Waals surface area contributed by atoms with Crippen LogP contribution in [0.4, 0.5) is 0 Å². The normalized spacial score (nSPS) is 11.1. The SMILES string of the molecule is CCCCCCCCc1ccc(-c2ncc(OCCCCCCOc3ccccc3OCCCCCCOc3ccc(-c4ncc(CCCCCCCC)cn4)cc3)cn2)cc1. The van der Waals surface area contributed by atoms with Crippen molar-refractivity contribution in [3.63, 3.8) is 0 Å². The van der Waals surface area contributed by atoms with Crippen molar-refractivity contribution in [3.05, 3.63) is 109 Å². The number of unbranched alkanes of at least 4 members (excludes halogenated alkanes) is 16. The molecule has 0 radical (unpaired) electrons. The lowest BCUT2D eigenvalue weighted by Crippen LogP contribution is -2.03. The van der Waals surface area contributed by atoms with E-state index in [0.29, 0.717) is 32.2 Å². The van der Waals surface area contributed by atoms with Gasteiger partial charge in [0.05, 0.1) is 38.8 Å². The van der Waals surface area contributed by atoms with Crippen molar-refractivity contribution in [1.82, 2.24) is 19.9 Å². The molecule has 0 fully saturated rings. The molecule has 8 heteroatoms. The van der Waals surface area contributed by atoms with E-state index in [0.717, 1.165) is 104 Å². The Hall–Kier alpha value is -4.98. The van der Waals surface area contributed by atoms with Gasteiger partial charge in [-0.1, -0.05) is 114 Å². The molecule has 0 spiro atoms. The van der Waals surface area contributed by atoms with E-state index in [2.05, 4.69) is 58.0 Å². The highest BCUT2D eigenvalue weighted by molar-refractivity contribution is 5.56. The van der Waals surface area contributed by atoms with Gasteiger partial charge in [-0.3, -0.25) is 0 Å². The molecule has 2 aromatic heterocycles. The van der Waals surface area contributed by atoms with Crippen molar-refractivity contribution in [2.45, 2.75) is 155 Å². The molecule has 334 valence electrons. The molecule has 5 rings (SSSR count). The molecule has 2 heterocycles. The lowest BCUT2D eigenvalue weighted by Gasteiger charge is -2.13. The van der Waals surface area contributed by atoms with Crippen LogP contribution in [0.3, 0.4) is 0 Å². The quantitative estimate of drug-likeness (QED) is 0.0378. The molecular weight excluding hydrogens is 769 g/mol. The van der Waals surface area contributed by atoms with E-state index in [-0.39, 0.29) is 0 Å². The first-order valence-electron chi connectivity index (χ1n) is 24.1. The van der Waals surface area contributed by atoms with Crippen LogP contribution in [-0.4, -0.2) is 46.4 Å². The third kappa shape index (κ3) is 19.0. The van der Waals surface area contributed by atoms with E-state index in [9.17, 15) is 0 Å². The Kier molecular flexibility index (Phi) is 23.4. The van der Waals surface area contributed by atoms with Gasteiger partial charge >= 0.3 is 0 Å². The fourth-order valence-corrected chi connectivity index (χ4v) is 7.46. The number of rotatable bonds is 34. The summed E-state index contributed by atoms with van der Waals surface area (Å²) in [4.78, 5) is 18.3. The summed E-state index contributed by atoms with van der Waals surface area (Å²) in [5.41, 5.74) is 4.66. The molecule has 62 heavy (non-hydrogen) atoms. The maximum atomic E-state index is 6.12. The minimum Gasteiger partial charge on any atom is -0.494 e. The van der Waals surface area contributed by atoms with E-state index in [1.165, 1.54) is 88.2 Å². The van der Waals surface area contributed by atoms with Crippen LogP contribution in [0.5, 0.6) is 23.0 Å². The number of hydrogen-bond donors (Lipinski definition) is 0. The predicted octanol–water partition coefficient (Wildman–Crippen LogP) is 14.4. The fourth-order valence-electron chi connectivity index (χ4n) is 7.46. The van der Waals surface area contributed by atoms with Gasteiger partial charge in [-0.05, 0) is 125 Å². The maximum Gasteiger partial charge on any atom is 0.161 e. The number of hydrogen-bond acceptors (Lipinski definition) is 8. The molecule has 0 N–H and O–H groups in total. The lowest BCUT2D eigenvalue weighted by molar-refractivity contribution is 0.254. The van der Waals surface area contributed by atoms with E-state index < -0.39 is 0 Å². The van der Waals surface area contributed by atoms with Gasteiger partial charge in [-0.15, -0.1) is 0 Å². The molecule has 0 amide bonds. The van der Waals surface area contributed by atoms with E-state index in [4.69, 9.17) is 18.9 Å². The number of aryl methyl sites for hydroxylation is 2. The zero-order chi connectivity index (χ0) is 43.1. The van der Waals surface area contributed by atoms with Gasteiger partial charge < -0.3 is 18.9 Å². The van der Waals surface area contributed by atoms with Crippen LogP contribution in [0.25, 0.3) is 22.8 Å². The van der Waals surface area contributed by atoms with E-state index in [1.54, 1.807) is 12.4 Å². The first-order chi connectivity index (χ1) is 30.7. The van der Waals surface area contributed by atoms with Gasteiger partial charge in [-0.2, -0.15) is 0 Å². The molecule has 0 atom stereocenters. The van der Waals surface area contributed by atoms with Crippen LogP contribution in [0.1, 0.15) is 153 Å². The fraction of sp³-hybridized carbons (Fsp3) is 0.519. The molecule has 0 aliphatic carbocycles. The Morgan fingerprint density at radius 3 is 1.23 bits per heavy atom. The molecule has 0 aliphatic heterocycles. The van der Waals surface area contributed by atoms with Gasteiger partial charge in [0, 0.05) is 23.5 Å². The summed E-state index contributed by atoms with van der Waals surface area (Å²) in [6.45, 7) is 7.21. The van der Waals surface area contributed by atoms with Crippen molar-refractivity contribution < 1.29 is 18.9 Å². The zero-order valence-corrected chi connectivity index (χ0v) is 38.0. The van der Waals surface area contributed by atoms with Gasteiger partial charge in [0.2, 0.25) is 0 Å². The average Bonchev–Trinajstić information content (AvgIpc) is 3.31. The summed E-state index contributed by atoms with van der Waals surface area (Å²) in [5.74, 6) is 4.72. The number of para-hydroxylation sites is 2. The van der Waals surface area contributed by atoms with Crippen molar-refractivity contribution in [2.24, 2.45) is 0 Å². The van der Waals surface area contributed by atoms with Crippen LogP contribution >= 0.6 is 0 Å². The number of ether oxygens (including phenoxy) is 4. The van der Waals surface area contributed by atoms with Gasteiger partial charge in [0.15, 0.2) is 28.9 Å². The largest absolute Gasteiger partial charge is 0.494 e. The molecule has 0 saturated heterocycles. The third-order valence-corrected chi connectivity index (χ3v) is 11.3. The van der Waals surface area contributed by atoms with Gasteiger partial charge in [-0.25, -0.2) is 19.9 Å². The van der Waals surface area contributed by atoms with Gasteiger partial charge in [0.25, 0.3) is 0 Å². The highest BCUT2D eigenvalue weighted by atomic mass is 16.5. The highest BCUT2D eigenvalue weighted by Gasteiger charge is 2.07. The summed E-state index contributed by atoms with van der Waals surface area (Å²) in [7, 11) is 0. The second-order valence-corrected chi connectivity index (χ2v) is 16.6. The standard InChI is InChI=1S/C54H74N4O4/c1-3-5-7-9-11-17-25-45-29-31-47(32-30-45)54-57-43-50(44-58-54)60-38-22-14-16-24-40-62-52-28-20-19-27-51(52)61-39-23-15-13-21-37-59-49-35-33-48(34-36-49)53-55-41-46(42-56-53)26-18-12-10-8-6-4-2/h19-20,27-36,41-44H,3-18,21-26,37-40H2,1-2H3. The number of aromatic nitrogens is 4. The molecule has 0 bridgehead atoms. The minimum atomic E-state index is 0.652. The van der Waals surface area contributed by atoms with Crippen LogP contribution in [0.15, 0.2) is 97.6 Å². The first kappa shape index (κ1) is 48.1. The Bertz CT molecular complexity index is 1730. The summed E-state index contributed by atoms with van der Waals surface area (Å²) in [6.07, 6.45) is 33.8. The lowest BCUT2D eigenvalue weighted by atomic mass is 10.0. The summed E-state index contributed by atoms with van der Waals surface area (Å²) < 4.78 is 24.2. The molecule has 0 aliphatic rings.